The number of hydrogen-bond acceptors (Lipinski definition) is 6. The number of aliphatic hydroxyl groups is 5. The summed E-state index contributed by atoms with van der Waals surface area (Å²) in [5.41, 5.74) is -3.64. The second-order valence-electron chi connectivity index (χ2n) is 13.0. The molecule has 3 saturated carbocycles. The number of rotatable bonds is 5. The zero-order chi connectivity index (χ0) is 24.6. The molecule has 4 aliphatic carbocycles. The number of carbonyl (C=O) groups excluding carboxylic acids is 1. The Balaban J connectivity index is 1.65. The maximum absolute atomic E-state index is 13.2. The van der Waals surface area contributed by atoms with Gasteiger partial charge in [-0.05, 0) is 107 Å². The normalized spacial score (nSPS) is 46.0. The predicted molar refractivity (Wildman–Crippen MR) is 125 cm³/mol. The molecule has 5 N–H and O–H groups in total. The van der Waals surface area contributed by atoms with Crippen molar-refractivity contribution in [3.8, 4) is 0 Å². The van der Waals surface area contributed by atoms with Crippen LogP contribution in [0.25, 0.3) is 0 Å². The molecule has 0 radical (unpaired) electrons. The van der Waals surface area contributed by atoms with E-state index >= 15 is 0 Å². The van der Waals surface area contributed by atoms with Crippen LogP contribution in [0.3, 0.4) is 0 Å². The summed E-state index contributed by atoms with van der Waals surface area (Å²) in [4.78, 5) is 13.2. The average molecular weight is 465 g/mol. The van der Waals surface area contributed by atoms with E-state index in [1.165, 1.54) is 0 Å². The van der Waals surface area contributed by atoms with Crippen molar-refractivity contribution in [2.45, 2.75) is 121 Å². The smallest absolute Gasteiger partial charge is 0.159 e. The van der Waals surface area contributed by atoms with Gasteiger partial charge in [0, 0.05) is 11.3 Å². The summed E-state index contributed by atoms with van der Waals surface area (Å²) in [6.07, 6.45) is 5.38. The second-order valence-corrected chi connectivity index (χ2v) is 13.0. The van der Waals surface area contributed by atoms with Crippen LogP contribution in [-0.2, 0) is 4.79 Å². The summed E-state index contributed by atoms with van der Waals surface area (Å²) in [7, 11) is 0. The Bertz CT molecular complexity index is 827. The average Bonchev–Trinajstić information content (AvgIpc) is 2.99. The zero-order valence-corrected chi connectivity index (χ0v) is 21.0. The Labute approximate surface area is 198 Å². The highest BCUT2D eigenvalue weighted by molar-refractivity contribution is 5.95. The van der Waals surface area contributed by atoms with Gasteiger partial charge >= 0.3 is 0 Å². The summed E-state index contributed by atoms with van der Waals surface area (Å²) in [5, 5.41) is 55.0. The number of aliphatic hydroxyl groups excluding tert-OH is 2. The molecule has 6 nitrogen and oxygen atoms in total. The molecule has 0 unspecified atom stereocenters. The SMILES string of the molecule is CC(C)(O)CC[C@@H](O)[C@](C)(O)[C@H]1CC[C@]2(O)C3=CC(=O)[C@@H]4C[C@@H](O)CC[C@]4(C)[C@H]3CC[C@]12C. The van der Waals surface area contributed by atoms with Gasteiger partial charge in [-0.2, -0.15) is 0 Å². The third-order valence-corrected chi connectivity index (χ3v) is 10.5. The molecular formula is C27H44O6. The first kappa shape index (κ1) is 25.3. The van der Waals surface area contributed by atoms with E-state index in [9.17, 15) is 30.3 Å². The first-order valence-electron chi connectivity index (χ1n) is 12.9. The van der Waals surface area contributed by atoms with Crippen LogP contribution in [0.1, 0.15) is 92.4 Å². The standard InChI is InChI=1S/C27H44O6/c1-23(2,31)10-9-22(30)26(5,32)21-8-13-27(33)18-15-20(29)19-14-16(28)6-11-24(19,3)17(18)7-12-25(21,27)4/h15-17,19,21-22,28,30-33H,6-14H2,1-5H3/t16-,17-,19-,21-,22+,24+,25+,26+,27-/m0/s1. The van der Waals surface area contributed by atoms with Crippen molar-refractivity contribution in [3.05, 3.63) is 11.6 Å². The summed E-state index contributed by atoms with van der Waals surface area (Å²) in [6, 6.07) is 0. The lowest BCUT2D eigenvalue weighted by molar-refractivity contribution is -0.172. The van der Waals surface area contributed by atoms with Gasteiger partial charge < -0.3 is 25.5 Å². The van der Waals surface area contributed by atoms with Crippen LogP contribution in [0.15, 0.2) is 11.6 Å². The Kier molecular flexibility index (Phi) is 6.03. The fourth-order valence-corrected chi connectivity index (χ4v) is 8.27. The van der Waals surface area contributed by atoms with Crippen molar-refractivity contribution < 1.29 is 30.3 Å². The van der Waals surface area contributed by atoms with Gasteiger partial charge in [0.1, 0.15) is 0 Å². The lowest BCUT2D eigenvalue weighted by atomic mass is 9.46. The molecule has 0 aromatic carbocycles. The molecule has 9 atom stereocenters. The summed E-state index contributed by atoms with van der Waals surface area (Å²) < 4.78 is 0. The molecule has 0 aromatic rings. The maximum atomic E-state index is 13.2. The molecule has 188 valence electrons. The monoisotopic (exact) mass is 464 g/mol. The highest BCUT2D eigenvalue weighted by Gasteiger charge is 2.68. The summed E-state index contributed by atoms with van der Waals surface area (Å²) in [5.74, 6) is -0.426. The molecule has 4 rings (SSSR count). The molecule has 3 fully saturated rings. The van der Waals surface area contributed by atoms with Gasteiger partial charge in [-0.1, -0.05) is 13.8 Å². The third-order valence-electron chi connectivity index (χ3n) is 10.5. The molecule has 0 heterocycles. The largest absolute Gasteiger partial charge is 0.393 e. The van der Waals surface area contributed by atoms with E-state index in [1.807, 2.05) is 6.92 Å². The quantitative estimate of drug-likeness (QED) is 0.427. The number of carbonyl (C=O) groups is 1. The van der Waals surface area contributed by atoms with E-state index < -0.39 is 34.4 Å². The molecule has 0 bridgehead atoms. The van der Waals surface area contributed by atoms with Crippen LogP contribution in [0.4, 0.5) is 0 Å². The van der Waals surface area contributed by atoms with E-state index in [2.05, 4.69) is 6.92 Å². The van der Waals surface area contributed by atoms with Gasteiger partial charge in [-0.3, -0.25) is 4.79 Å². The Morgan fingerprint density at radius 1 is 1.06 bits per heavy atom. The molecule has 33 heavy (non-hydrogen) atoms. The molecule has 0 aromatic heterocycles. The van der Waals surface area contributed by atoms with E-state index in [1.54, 1.807) is 26.8 Å². The Morgan fingerprint density at radius 3 is 2.36 bits per heavy atom. The minimum absolute atomic E-state index is 0.0144. The maximum Gasteiger partial charge on any atom is 0.159 e. The topological polar surface area (TPSA) is 118 Å². The van der Waals surface area contributed by atoms with Gasteiger partial charge in [0.15, 0.2) is 5.78 Å². The number of allylic oxidation sites excluding steroid dienone is 1. The van der Waals surface area contributed by atoms with Crippen LogP contribution in [0, 0.1) is 28.6 Å². The fourth-order valence-electron chi connectivity index (χ4n) is 8.27. The van der Waals surface area contributed by atoms with Gasteiger partial charge in [-0.25, -0.2) is 0 Å². The lowest BCUT2D eigenvalue weighted by Gasteiger charge is -2.60. The molecule has 0 saturated heterocycles. The van der Waals surface area contributed by atoms with Crippen molar-refractivity contribution in [2.24, 2.45) is 28.6 Å². The molecule has 4 aliphatic rings. The number of hydrogen-bond donors (Lipinski definition) is 5. The van der Waals surface area contributed by atoms with Gasteiger partial charge in [0.05, 0.1) is 29.0 Å². The molecule has 0 aliphatic heterocycles. The lowest BCUT2D eigenvalue weighted by Crippen LogP contribution is -2.62. The molecule has 0 spiro atoms. The van der Waals surface area contributed by atoms with E-state index in [0.29, 0.717) is 38.5 Å². The zero-order valence-electron chi connectivity index (χ0n) is 21.0. The van der Waals surface area contributed by atoms with Crippen molar-refractivity contribution in [3.63, 3.8) is 0 Å². The minimum atomic E-state index is -1.42. The van der Waals surface area contributed by atoms with Crippen molar-refractivity contribution in [2.75, 3.05) is 0 Å². The summed E-state index contributed by atoms with van der Waals surface area (Å²) in [6.45, 7) is 9.22. The van der Waals surface area contributed by atoms with Crippen LogP contribution < -0.4 is 0 Å². The number of ketones is 1. The van der Waals surface area contributed by atoms with Gasteiger partial charge in [0.25, 0.3) is 0 Å². The summed E-state index contributed by atoms with van der Waals surface area (Å²) >= 11 is 0. The molecule has 0 amide bonds. The predicted octanol–water partition coefficient (Wildman–Crippen LogP) is 2.88. The van der Waals surface area contributed by atoms with Crippen LogP contribution in [0.5, 0.6) is 0 Å². The molecular weight excluding hydrogens is 420 g/mol. The van der Waals surface area contributed by atoms with Gasteiger partial charge in [-0.15, -0.1) is 0 Å². The van der Waals surface area contributed by atoms with Crippen molar-refractivity contribution in [1.82, 2.24) is 0 Å². The highest BCUT2D eigenvalue weighted by atomic mass is 16.3. The Morgan fingerprint density at radius 2 is 1.73 bits per heavy atom. The van der Waals surface area contributed by atoms with Crippen LogP contribution >= 0.6 is 0 Å². The van der Waals surface area contributed by atoms with E-state index in [-0.39, 0.29) is 35.4 Å². The fraction of sp³-hybridized carbons (Fsp3) is 0.889. The minimum Gasteiger partial charge on any atom is -0.393 e. The van der Waals surface area contributed by atoms with Crippen molar-refractivity contribution in [1.29, 1.82) is 0 Å². The first-order chi connectivity index (χ1) is 15.1. The van der Waals surface area contributed by atoms with Crippen LogP contribution in [-0.4, -0.2) is 60.3 Å². The van der Waals surface area contributed by atoms with Gasteiger partial charge in [0.2, 0.25) is 0 Å². The second kappa shape index (κ2) is 7.86. The van der Waals surface area contributed by atoms with Crippen LogP contribution in [0.2, 0.25) is 0 Å². The highest BCUT2D eigenvalue weighted by Crippen LogP contribution is 2.68. The number of fused-ring (bicyclic) bond motifs is 5. The third kappa shape index (κ3) is 3.76. The molecule has 6 heteroatoms. The van der Waals surface area contributed by atoms with E-state index in [4.69, 9.17) is 0 Å². The Hall–Kier alpha value is -0.790. The van der Waals surface area contributed by atoms with Crippen molar-refractivity contribution >= 4 is 5.78 Å². The first-order valence-corrected chi connectivity index (χ1v) is 12.9. The van der Waals surface area contributed by atoms with E-state index in [0.717, 1.165) is 18.4 Å².